The highest BCUT2D eigenvalue weighted by Gasteiger charge is 2.62. The fourth-order valence-electron chi connectivity index (χ4n) is 3.88. The second-order valence-corrected chi connectivity index (χ2v) is 7.39. The zero-order chi connectivity index (χ0) is 20.7. The van der Waals surface area contributed by atoms with E-state index in [-0.39, 0.29) is 30.3 Å². The molecule has 1 spiro atoms. The standard InChI is InChI=1S/C16H20F6N2O4/c17-15(18,19)12(16(20,21)22)28-13(26)24-3-1-14(2-4-24)9-10(14)11(25)23-5-7-27-8-6-23/h10,12H,1-9H2/t10-/m1/s1. The van der Waals surface area contributed by atoms with Crippen LogP contribution in [0.15, 0.2) is 0 Å². The summed E-state index contributed by atoms with van der Waals surface area (Å²) in [6.45, 7) is 1.83. The number of carbonyl (C=O) groups excluding carboxylic acids is 2. The van der Waals surface area contributed by atoms with Gasteiger partial charge >= 0.3 is 18.4 Å². The Morgan fingerprint density at radius 3 is 1.96 bits per heavy atom. The summed E-state index contributed by atoms with van der Waals surface area (Å²) in [5.41, 5.74) is -0.334. The van der Waals surface area contributed by atoms with Crippen molar-refractivity contribution >= 4 is 12.0 Å². The monoisotopic (exact) mass is 418 g/mol. The number of rotatable bonds is 2. The van der Waals surface area contributed by atoms with Crippen molar-refractivity contribution in [3.05, 3.63) is 0 Å². The third-order valence-corrected chi connectivity index (χ3v) is 5.64. The van der Waals surface area contributed by atoms with E-state index in [4.69, 9.17) is 4.74 Å². The topological polar surface area (TPSA) is 59.1 Å². The van der Waals surface area contributed by atoms with Gasteiger partial charge in [-0.05, 0) is 24.7 Å². The SMILES string of the molecule is O=C(OC(C(F)(F)F)C(F)(F)F)N1CCC2(CC1)C[C@@H]2C(=O)N1CCOCC1. The van der Waals surface area contributed by atoms with E-state index in [9.17, 15) is 35.9 Å². The Balaban J connectivity index is 1.53. The highest BCUT2D eigenvalue weighted by atomic mass is 19.4. The smallest absolute Gasteiger partial charge is 0.426 e. The van der Waals surface area contributed by atoms with Gasteiger partial charge in [-0.1, -0.05) is 0 Å². The van der Waals surface area contributed by atoms with Crippen LogP contribution in [-0.2, 0) is 14.3 Å². The first-order valence-corrected chi connectivity index (χ1v) is 8.90. The minimum Gasteiger partial charge on any atom is -0.426 e. The largest absolute Gasteiger partial charge is 0.434 e. The molecule has 3 fully saturated rings. The van der Waals surface area contributed by atoms with Crippen molar-refractivity contribution in [2.75, 3.05) is 39.4 Å². The van der Waals surface area contributed by atoms with E-state index < -0.39 is 24.5 Å². The predicted molar refractivity (Wildman–Crippen MR) is 81.1 cm³/mol. The summed E-state index contributed by atoms with van der Waals surface area (Å²) in [4.78, 5) is 26.9. The molecule has 2 amide bonds. The van der Waals surface area contributed by atoms with Gasteiger partial charge in [0.1, 0.15) is 0 Å². The first-order valence-electron chi connectivity index (χ1n) is 8.90. The molecule has 160 valence electrons. The average molecular weight is 418 g/mol. The number of halogens is 6. The number of ether oxygens (including phenoxy) is 2. The van der Waals surface area contributed by atoms with E-state index in [1.807, 2.05) is 0 Å². The lowest BCUT2D eigenvalue weighted by atomic mass is 9.90. The van der Waals surface area contributed by atoms with E-state index in [1.54, 1.807) is 4.90 Å². The van der Waals surface area contributed by atoms with Crippen molar-refractivity contribution in [2.45, 2.75) is 37.7 Å². The van der Waals surface area contributed by atoms with Crippen LogP contribution >= 0.6 is 0 Å². The third kappa shape index (κ3) is 4.31. The molecule has 2 saturated heterocycles. The third-order valence-electron chi connectivity index (χ3n) is 5.64. The lowest BCUT2D eigenvalue weighted by Gasteiger charge is -2.34. The van der Waals surface area contributed by atoms with Crippen LogP contribution in [0, 0.1) is 11.3 Å². The average Bonchev–Trinajstić information content (AvgIpc) is 3.31. The van der Waals surface area contributed by atoms with Gasteiger partial charge in [-0.3, -0.25) is 4.79 Å². The summed E-state index contributed by atoms with van der Waals surface area (Å²) >= 11 is 0. The Hall–Kier alpha value is -1.72. The zero-order valence-corrected chi connectivity index (χ0v) is 14.8. The van der Waals surface area contributed by atoms with Crippen molar-refractivity contribution < 1.29 is 45.4 Å². The molecule has 12 heteroatoms. The van der Waals surface area contributed by atoms with Crippen LogP contribution in [0.25, 0.3) is 0 Å². The van der Waals surface area contributed by atoms with Gasteiger partial charge in [0.2, 0.25) is 5.91 Å². The van der Waals surface area contributed by atoms with E-state index in [0.29, 0.717) is 45.6 Å². The Bertz CT molecular complexity index is 595. The Morgan fingerprint density at radius 2 is 1.46 bits per heavy atom. The summed E-state index contributed by atoms with van der Waals surface area (Å²) in [5, 5.41) is 0. The Labute approximate surface area is 156 Å². The van der Waals surface area contributed by atoms with Gasteiger partial charge in [-0.2, -0.15) is 26.3 Å². The predicted octanol–water partition coefficient (Wildman–Crippen LogP) is 2.58. The number of hydrogen-bond acceptors (Lipinski definition) is 4. The van der Waals surface area contributed by atoms with E-state index in [1.165, 1.54) is 0 Å². The summed E-state index contributed by atoms with van der Waals surface area (Å²) < 4.78 is 84.1. The number of nitrogens with zero attached hydrogens (tertiary/aromatic N) is 2. The maximum absolute atomic E-state index is 12.5. The van der Waals surface area contributed by atoms with Gasteiger partial charge in [-0.15, -0.1) is 0 Å². The number of hydrogen-bond donors (Lipinski definition) is 0. The van der Waals surface area contributed by atoms with Gasteiger partial charge in [0.15, 0.2) is 0 Å². The van der Waals surface area contributed by atoms with Gasteiger partial charge in [0.05, 0.1) is 13.2 Å². The second kappa shape index (κ2) is 7.27. The summed E-state index contributed by atoms with van der Waals surface area (Å²) in [5.74, 6) is -0.226. The molecule has 1 saturated carbocycles. The number of piperidine rings is 1. The minimum atomic E-state index is -5.74. The molecule has 3 rings (SSSR count). The van der Waals surface area contributed by atoms with Crippen molar-refractivity contribution in [3.8, 4) is 0 Å². The molecule has 6 nitrogen and oxygen atoms in total. The highest BCUT2D eigenvalue weighted by Crippen LogP contribution is 2.60. The fourth-order valence-corrected chi connectivity index (χ4v) is 3.88. The first-order chi connectivity index (χ1) is 12.9. The molecule has 2 aliphatic heterocycles. The van der Waals surface area contributed by atoms with Crippen LogP contribution in [0.1, 0.15) is 19.3 Å². The molecule has 1 atom stereocenters. The Kier molecular flexibility index (Phi) is 5.45. The molecule has 3 aliphatic rings. The number of likely N-dealkylation sites (tertiary alicyclic amines) is 1. The zero-order valence-electron chi connectivity index (χ0n) is 14.8. The van der Waals surface area contributed by atoms with E-state index in [0.717, 1.165) is 4.90 Å². The van der Waals surface area contributed by atoms with Crippen molar-refractivity contribution in [1.82, 2.24) is 9.80 Å². The molecule has 0 aromatic heterocycles. The fraction of sp³-hybridized carbons (Fsp3) is 0.875. The molecule has 0 aromatic rings. The Morgan fingerprint density at radius 1 is 0.929 bits per heavy atom. The van der Waals surface area contributed by atoms with E-state index >= 15 is 0 Å². The molecule has 28 heavy (non-hydrogen) atoms. The van der Waals surface area contributed by atoms with E-state index in [2.05, 4.69) is 4.74 Å². The number of amides is 2. The summed E-state index contributed by atoms with van der Waals surface area (Å²) in [7, 11) is 0. The van der Waals surface area contributed by atoms with Crippen LogP contribution in [0.5, 0.6) is 0 Å². The van der Waals surface area contributed by atoms with Gasteiger partial charge < -0.3 is 19.3 Å². The maximum Gasteiger partial charge on any atom is 0.434 e. The van der Waals surface area contributed by atoms with Crippen LogP contribution in [-0.4, -0.2) is 79.6 Å². The molecule has 0 unspecified atom stereocenters. The highest BCUT2D eigenvalue weighted by molar-refractivity contribution is 5.83. The minimum absolute atomic E-state index is 0.00599. The van der Waals surface area contributed by atoms with Crippen LogP contribution < -0.4 is 0 Å². The van der Waals surface area contributed by atoms with Gasteiger partial charge in [0.25, 0.3) is 6.10 Å². The molecular weight excluding hydrogens is 398 g/mol. The molecule has 0 bridgehead atoms. The number of morpholine rings is 1. The second-order valence-electron chi connectivity index (χ2n) is 7.39. The quantitative estimate of drug-likeness (QED) is 0.647. The number of alkyl halides is 6. The summed E-state index contributed by atoms with van der Waals surface area (Å²) in [6.07, 6.45) is -16.0. The number of carbonyl (C=O) groups is 2. The van der Waals surface area contributed by atoms with Crippen LogP contribution in [0.3, 0.4) is 0 Å². The maximum atomic E-state index is 12.5. The molecule has 0 aromatic carbocycles. The first kappa shape index (κ1) is 21.0. The lowest BCUT2D eigenvalue weighted by Crippen LogP contribution is -2.49. The molecule has 1 aliphatic carbocycles. The van der Waals surface area contributed by atoms with Crippen LogP contribution in [0.2, 0.25) is 0 Å². The van der Waals surface area contributed by atoms with Crippen molar-refractivity contribution in [3.63, 3.8) is 0 Å². The van der Waals surface area contributed by atoms with Gasteiger partial charge in [0, 0.05) is 32.1 Å². The van der Waals surface area contributed by atoms with Crippen molar-refractivity contribution in [2.24, 2.45) is 11.3 Å². The molecule has 0 radical (unpaired) electrons. The molecular formula is C16H20F6N2O4. The molecule has 2 heterocycles. The van der Waals surface area contributed by atoms with Crippen LogP contribution in [0.4, 0.5) is 31.1 Å². The molecule has 0 N–H and O–H groups in total. The van der Waals surface area contributed by atoms with Crippen molar-refractivity contribution in [1.29, 1.82) is 0 Å². The lowest BCUT2D eigenvalue weighted by molar-refractivity contribution is -0.308. The van der Waals surface area contributed by atoms with Gasteiger partial charge in [-0.25, -0.2) is 4.79 Å². The normalized spacial score (nSPS) is 25.2. The summed E-state index contributed by atoms with van der Waals surface area (Å²) in [6, 6.07) is 0.